The van der Waals surface area contributed by atoms with E-state index < -0.39 is 0 Å². The molecule has 0 radical (unpaired) electrons. The number of ether oxygens (including phenoxy) is 2. The quantitative estimate of drug-likeness (QED) is 0.183. The summed E-state index contributed by atoms with van der Waals surface area (Å²) < 4.78 is 11.3. The molecule has 3 aromatic carbocycles. The minimum Gasteiger partial charge on any atom is -0.494 e. The lowest BCUT2D eigenvalue weighted by Crippen LogP contribution is -2.08. The van der Waals surface area contributed by atoms with Crippen molar-refractivity contribution in [1.29, 1.82) is 0 Å². The van der Waals surface area contributed by atoms with Gasteiger partial charge in [-0.15, -0.1) is 0 Å². The van der Waals surface area contributed by atoms with Crippen molar-refractivity contribution in [1.82, 2.24) is 0 Å². The smallest absolute Gasteiger partial charge is 0.343 e. The maximum absolute atomic E-state index is 12.4. The van der Waals surface area contributed by atoms with Gasteiger partial charge in [0, 0.05) is 0 Å². The lowest BCUT2D eigenvalue weighted by molar-refractivity contribution is 0.0734. The lowest BCUT2D eigenvalue weighted by Gasteiger charge is -2.08. The van der Waals surface area contributed by atoms with Gasteiger partial charge in [-0.1, -0.05) is 81.0 Å². The van der Waals surface area contributed by atoms with Gasteiger partial charge >= 0.3 is 5.97 Å². The first-order chi connectivity index (χ1) is 15.2. The molecule has 0 aliphatic heterocycles. The Morgan fingerprint density at radius 3 is 1.87 bits per heavy atom. The van der Waals surface area contributed by atoms with Crippen LogP contribution in [0, 0.1) is 6.92 Å². The summed E-state index contributed by atoms with van der Waals surface area (Å²) in [5, 5.41) is 0. The molecule has 31 heavy (non-hydrogen) atoms. The Morgan fingerprint density at radius 2 is 1.23 bits per heavy atom. The zero-order chi connectivity index (χ0) is 21.9. The van der Waals surface area contributed by atoms with Gasteiger partial charge in [-0.25, -0.2) is 4.79 Å². The van der Waals surface area contributed by atoms with E-state index in [0.717, 1.165) is 23.3 Å². The van der Waals surface area contributed by atoms with E-state index in [4.69, 9.17) is 9.47 Å². The fourth-order valence-electron chi connectivity index (χ4n) is 3.39. The molecular formula is C28H32O3. The normalized spacial score (nSPS) is 10.6. The van der Waals surface area contributed by atoms with Crippen LogP contribution in [0.25, 0.3) is 11.1 Å². The molecule has 0 unspecified atom stereocenters. The monoisotopic (exact) mass is 416 g/mol. The molecule has 3 rings (SSSR count). The molecule has 0 heterocycles. The summed E-state index contributed by atoms with van der Waals surface area (Å²) in [4.78, 5) is 12.4. The van der Waals surface area contributed by atoms with Gasteiger partial charge in [0.2, 0.25) is 0 Å². The predicted octanol–water partition coefficient (Wildman–Crippen LogP) is 7.62. The Hall–Kier alpha value is -3.07. The molecule has 0 bridgehead atoms. The van der Waals surface area contributed by atoms with E-state index in [-0.39, 0.29) is 5.97 Å². The van der Waals surface area contributed by atoms with E-state index in [2.05, 4.69) is 38.1 Å². The third kappa shape index (κ3) is 7.29. The molecule has 0 aromatic heterocycles. The molecule has 0 aliphatic rings. The average molecular weight is 417 g/mol. The zero-order valence-corrected chi connectivity index (χ0v) is 18.6. The molecule has 0 atom stereocenters. The highest BCUT2D eigenvalue weighted by Crippen LogP contribution is 2.23. The van der Waals surface area contributed by atoms with E-state index in [0.29, 0.717) is 17.9 Å². The molecule has 0 N–H and O–H groups in total. The Bertz CT molecular complexity index is 926. The number of carbonyl (C=O) groups excluding carboxylic acids is 1. The van der Waals surface area contributed by atoms with Crippen molar-refractivity contribution in [3.05, 3.63) is 83.9 Å². The summed E-state index contributed by atoms with van der Waals surface area (Å²) in [6.07, 6.45) is 7.43. The van der Waals surface area contributed by atoms with Crippen molar-refractivity contribution in [3.63, 3.8) is 0 Å². The summed E-state index contributed by atoms with van der Waals surface area (Å²) >= 11 is 0. The van der Waals surface area contributed by atoms with Crippen LogP contribution in [0.1, 0.15) is 61.4 Å². The van der Waals surface area contributed by atoms with Crippen LogP contribution in [-0.2, 0) is 0 Å². The fourth-order valence-corrected chi connectivity index (χ4v) is 3.39. The van der Waals surface area contributed by atoms with Gasteiger partial charge in [0.05, 0.1) is 12.2 Å². The van der Waals surface area contributed by atoms with Crippen LogP contribution in [0.2, 0.25) is 0 Å². The van der Waals surface area contributed by atoms with E-state index in [1.807, 2.05) is 36.4 Å². The number of carbonyl (C=O) groups is 1. The number of rotatable bonds is 11. The number of aryl methyl sites for hydroxylation is 1. The predicted molar refractivity (Wildman–Crippen MR) is 127 cm³/mol. The van der Waals surface area contributed by atoms with Gasteiger partial charge in [-0.3, -0.25) is 0 Å². The second-order valence-electron chi connectivity index (χ2n) is 7.92. The van der Waals surface area contributed by atoms with Gasteiger partial charge in [0.1, 0.15) is 11.5 Å². The maximum atomic E-state index is 12.4. The zero-order valence-electron chi connectivity index (χ0n) is 18.6. The highest BCUT2D eigenvalue weighted by atomic mass is 16.5. The average Bonchev–Trinajstić information content (AvgIpc) is 2.80. The van der Waals surface area contributed by atoms with Gasteiger partial charge < -0.3 is 9.47 Å². The summed E-state index contributed by atoms with van der Waals surface area (Å²) in [5.41, 5.74) is 3.97. The van der Waals surface area contributed by atoms with Gasteiger partial charge in [0.15, 0.2) is 0 Å². The fraction of sp³-hybridized carbons (Fsp3) is 0.321. The maximum Gasteiger partial charge on any atom is 0.343 e. The second kappa shape index (κ2) is 11.9. The topological polar surface area (TPSA) is 35.5 Å². The first kappa shape index (κ1) is 22.6. The van der Waals surface area contributed by atoms with E-state index in [9.17, 15) is 4.79 Å². The Kier molecular flexibility index (Phi) is 8.71. The summed E-state index contributed by atoms with van der Waals surface area (Å²) in [5.74, 6) is 0.947. The molecule has 0 saturated heterocycles. The molecule has 3 aromatic rings. The van der Waals surface area contributed by atoms with Crippen LogP contribution in [-0.4, -0.2) is 12.6 Å². The third-order valence-electron chi connectivity index (χ3n) is 5.31. The van der Waals surface area contributed by atoms with E-state index in [1.54, 1.807) is 12.1 Å². The van der Waals surface area contributed by atoms with Crippen LogP contribution in [0.5, 0.6) is 11.5 Å². The molecule has 162 valence electrons. The van der Waals surface area contributed by atoms with Crippen molar-refractivity contribution in [2.24, 2.45) is 0 Å². The lowest BCUT2D eigenvalue weighted by atomic mass is 10.0. The van der Waals surface area contributed by atoms with Crippen LogP contribution in [0.15, 0.2) is 72.8 Å². The molecule has 0 fully saturated rings. The summed E-state index contributed by atoms with van der Waals surface area (Å²) in [6, 6.07) is 23.1. The molecule has 3 heteroatoms. The number of hydrogen-bond donors (Lipinski definition) is 0. The third-order valence-corrected chi connectivity index (χ3v) is 5.31. The highest BCUT2D eigenvalue weighted by Gasteiger charge is 2.09. The number of esters is 1. The van der Waals surface area contributed by atoms with Crippen LogP contribution in [0.3, 0.4) is 0 Å². The van der Waals surface area contributed by atoms with Gasteiger partial charge in [-0.2, -0.15) is 0 Å². The summed E-state index contributed by atoms with van der Waals surface area (Å²) in [6.45, 7) is 5.01. The largest absolute Gasteiger partial charge is 0.494 e. The minimum atomic E-state index is -0.370. The van der Waals surface area contributed by atoms with Crippen molar-refractivity contribution in [2.45, 2.75) is 52.4 Å². The number of benzene rings is 3. The van der Waals surface area contributed by atoms with Crippen LogP contribution in [0.4, 0.5) is 0 Å². The molecular weight excluding hydrogens is 384 g/mol. The van der Waals surface area contributed by atoms with E-state index >= 15 is 0 Å². The molecule has 3 nitrogen and oxygen atoms in total. The Labute approximate surface area is 186 Å². The van der Waals surface area contributed by atoms with Crippen LogP contribution < -0.4 is 9.47 Å². The molecule has 0 amide bonds. The first-order valence-corrected chi connectivity index (χ1v) is 11.3. The SMILES string of the molecule is CCCCCCCCOc1ccc(C(=O)Oc2ccc(-c3ccc(C)cc3)cc2)cc1. The molecule has 0 aliphatic carbocycles. The standard InChI is InChI=1S/C28H32O3/c1-3-4-5-6-7-8-21-30-26-17-15-25(16-18-26)28(29)31-27-19-13-24(14-20-27)23-11-9-22(2)10-12-23/h9-20H,3-8,21H2,1-2H3. The second-order valence-corrected chi connectivity index (χ2v) is 7.92. The Balaban J connectivity index is 1.46. The van der Waals surface area contributed by atoms with Crippen molar-refractivity contribution < 1.29 is 14.3 Å². The van der Waals surface area contributed by atoms with Gasteiger partial charge in [0.25, 0.3) is 0 Å². The molecule has 0 saturated carbocycles. The van der Waals surface area contributed by atoms with E-state index in [1.165, 1.54) is 37.7 Å². The van der Waals surface area contributed by atoms with Crippen molar-refractivity contribution in [2.75, 3.05) is 6.61 Å². The molecule has 0 spiro atoms. The highest BCUT2D eigenvalue weighted by molar-refractivity contribution is 5.91. The summed E-state index contributed by atoms with van der Waals surface area (Å²) in [7, 11) is 0. The first-order valence-electron chi connectivity index (χ1n) is 11.3. The van der Waals surface area contributed by atoms with Crippen LogP contribution >= 0.6 is 0 Å². The van der Waals surface area contributed by atoms with Crippen molar-refractivity contribution in [3.8, 4) is 22.6 Å². The number of hydrogen-bond acceptors (Lipinski definition) is 3. The van der Waals surface area contributed by atoms with Crippen molar-refractivity contribution >= 4 is 5.97 Å². The minimum absolute atomic E-state index is 0.370. The van der Waals surface area contributed by atoms with Gasteiger partial charge in [-0.05, 0) is 60.9 Å². The number of unbranched alkanes of at least 4 members (excludes halogenated alkanes) is 5. The Morgan fingerprint density at radius 1 is 0.677 bits per heavy atom.